The molecule has 0 aromatic carbocycles. The number of carboxylic acid groups (broad SMARTS) is 1. The molecule has 0 amide bonds. The number of aromatic carboxylic acids is 1. The predicted octanol–water partition coefficient (Wildman–Crippen LogP) is 1.76. The predicted molar refractivity (Wildman–Crippen MR) is 67.3 cm³/mol. The van der Waals surface area contributed by atoms with E-state index >= 15 is 0 Å². The number of nitrogens with one attached hydrogen (secondary N) is 1. The zero-order valence-corrected chi connectivity index (χ0v) is 10.3. The second-order valence-electron chi connectivity index (χ2n) is 3.47. The van der Waals surface area contributed by atoms with Gasteiger partial charge in [-0.25, -0.2) is 9.78 Å². The van der Waals surface area contributed by atoms with E-state index < -0.39 is 22.1 Å². The van der Waals surface area contributed by atoms with Gasteiger partial charge in [0.2, 0.25) is 0 Å². The summed E-state index contributed by atoms with van der Waals surface area (Å²) >= 11 is 1.43. The van der Waals surface area contributed by atoms with Crippen molar-refractivity contribution in [3.63, 3.8) is 0 Å². The van der Waals surface area contributed by atoms with Gasteiger partial charge in [0, 0.05) is 17.1 Å². The van der Waals surface area contributed by atoms with Crippen LogP contribution in [0.1, 0.15) is 15.2 Å². The van der Waals surface area contributed by atoms with Crippen molar-refractivity contribution in [3.8, 4) is 0 Å². The Morgan fingerprint density at radius 3 is 2.89 bits per heavy atom. The van der Waals surface area contributed by atoms with E-state index in [0.29, 0.717) is 6.54 Å². The number of rotatable bonds is 5. The van der Waals surface area contributed by atoms with Gasteiger partial charge in [-0.15, -0.1) is 11.3 Å². The Morgan fingerprint density at radius 1 is 1.53 bits per heavy atom. The number of aromatic nitrogens is 2. The molecule has 0 spiro atoms. The van der Waals surface area contributed by atoms with E-state index in [1.165, 1.54) is 11.3 Å². The highest BCUT2D eigenvalue weighted by Crippen LogP contribution is 2.20. The molecule has 9 heteroatoms. The van der Waals surface area contributed by atoms with E-state index in [4.69, 9.17) is 5.11 Å². The Bertz CT molecular complexity index is 614. The Hall–Kier alpha value is -2.55. The van der Waals surface area contributed by atoms with Crippen molar-refractivity contribution in [1.29, 1.82) is 0 Å². The molecule has 19 heavy (non-hydrogen) atoms. The van der Waals surface area contributed by atoms with Crippen LogP contribution in [-0.2, 0) is 6.54 Å². The van der Waals surface area contributed by atoms with Gasteiger partial charge < -0.3 is 10.4 Å². The molecule has 8 nitrogen and oxygen atoms in total. The molecule has 0 radical (unpaired) electrons. The van der Waals surface area contributed by atoms with Gasteiger partial charge >= 0.3 is 11.7 Å². The van der Waals surface area contributed by atoms with Crippen LogP contribution in [-0.4, -0.2) is 26.0 Å². The zero-order valence-electron chi connectivity index (χ0n) is 9.44. The van der Waals surface area contributed by atoms with Crippen LogP contribution < -0.4 is 5.32 Å². The largest absolute Gasteiger partial charge is 0.477 e. The van der Waals surface area contributed by atoms with Crippen LogP contribution in [0.2, 0.25) is 0 Å². The lowest BCUT2D eigenvalue weighted by Gasteiger charge is -2.04. The normalized spacial score (nSPS) is 10.1. The first-order chi connectivity index (χ1) is 9.08. The van der Waals surface area contributed by atoms with Crippen LogP contribution in [0.4, 0.5) is 11.5 Å². The zero-order chi connectivity index (χ0) is 13.8. The standard InChI is InChI=1S/C10H8N4O4S/c15-10(16)7-1-9(13-4-8(7)14(17)18)12-3-6-2-11-5-19-6/h1-2,4-5H,3H2,(H,12,13)(H,15,16). The van der Waals surface area contributed by atoms with E-state index in [9.17, 15) is 14.9 Å². The number of carboxylic acids is 1. The summed E-state index contributed by atoms with van der Waals surface area (Å²) < 4.78 is 0. The van der Waals surface area contributed by atoms with E-state index in [1.807, 2.05) is 0 Å². The highest BCUT2D eigenvalue weighted by Gasteiger charge is 2.20. The molecule has 0 saturated carbocycles. The van der Waals surface area contributed by atoms with Crippen molar-refractivity contribution in [3.05, 3.63) is 44.5 Å². The Labute approximate surface area is 110 Å². The maximum absolute atomic E-state index is 10.9. The maximum atomic E-state index is 10.9. The number of anilines is 1. The molecule has 2 N–H and O–H groups in total. The number of thiazole rings is 1. The van der Waals surface area contributed by atoms with Crippen molar-refractivity contribution in [1.82, 2.24) is 9.97 Å². The van der Waals surface area contributed by atoms with Crippen LogP contribution in [0, 0.1) is 10.1 Å². The molecule has 0 aliphatic rings. The minimum atomic E-state index is -1.37. The maximum Gasteiger partial charge on any atom is 0.342 e. The Kier molecular flexibility index (Phi) is 3.66. The summed E-state index contributed by atoms with van der Waals surface area (Å²) in [4.78, 5) is 29.5. The van der Waals surface area contributed by atoms with Crippen molar-refractivity contribution in [2.24, 2.45) is 0 Å². The molecular weight excluding hydrogens is 272 g/mol. The summed E-state index contributed by atoms with van der Waals surface area (Å²) in [5, 5.41) is 22.5. The molecule has 0 aliphatic carbocycles. The van der Waals surface area contributed by atoms with Crippen LogP contribution in [0.25, 0.3) is 0 Å². The van der Waals surface area contributed by atoms with Gasteiger partial charge in [-0.2, -0.15) is 0 Å². The molecule has 2 rings (SSSR count). The first kappa shape index (κ1) is 12.9. The third-order valence-electron chi connectivity index (χ3n) is 2.24. The molecule has 0 saturated heterocycles. The Morgan fingerprint density at radius 2 is 2.32 bits per heavy atom. The second-order valence-corrected chi connectivity index (χ2v) is 4.44. The summed E-state index contributed by atoms with van der Waals surface area (Å²) in [6.07, 6.45) is 2.60. The number of hydrogen-bond acceptors (Lipinski definition) is 7. The molecular formula is C10H8N4O4S. The van der Waals surface area contributed by atoms with E-state index in [1.54, 1.807) is 11.7 Å². The van der Waals surface area contributed by atoms with Crippen molar-refractivity contribution in [2.75, 3.05) is 5.32 Å². The SMILES string of the molecule is O=C(O)c1cc(NCc2cncs2)ncc1[N+](=O)[O-]. The van der Waals surface area contributed by atoms with E-state index in [-0.39, 0.29) is 5.82 Å². The summed E-state index contributed by atoms with van der Waals surface area (Å²) in [6.45, 7) is 0.425. The summed E-state index contributed by atoms with van der Waals surface area (Å²) in [6, 6.07) is 1.14. The first-order valence-corrected chi connectivity index (χ1v) is 5.95. The van der Waals surface area contributed by atoms with Gasteiger partial charge in [-0.1, -0.05) is 0 Å². The summed E-state index contributed by atoms with van der Waals surface area (Å²) in [5.74, 6) is -1.11. The van der Waals surface area contributed by atoms with E-state index in [2.05, 4.69) is 15.3 Å². The number of hydrogen-bond donors (Lipinski definition) is 2. The molecule has 2 heterocycles. The molecule has 0 atom stereocenters. The van der Waals surface area contributed by atoms with Gasteiger partial charge in [0.1, 0.15) is 17.6 Å². The van der Waals surface area contributed by atoms with Gasteiger partial charge in [0.25, 0.3) is 0 Å². The van der Waals surface area contributed by atoms with Gasteiger partial charge in [0.05, 0.1) is 17.0 Å². The van der Waals surface area contributed by atoms with Gasteiger partial charge in [-0.05, 0) is 0 Å². The highest BCUT2D eigenvalue weighted by atomic mass is 32.1. The second kappa shape index (κ2) is 5.40. The monoisotopic (exact) mass is 280 g/mol. The minimum absolute atomic E-state index is 0.261. The number of carbonyl (C=O) groups is 1. The average Bonchev–Trinajstić information content (AvgIpc) is 2.88. The van der Waals surface area contributed by atoms with Crippen LogP contribution in [0.5, 0.6) is 0 Å². The molecule has 2 aromatic heterocycles. The average molecular weight is 280 g/mol. The fourth-order valence-electron chi connectivity index (χ4n) is 1.37. The fourth-order valence-corrected chi connectivity index (χ4v) is 1.90. The minimum Gasteiger partial charge on any atom is -0.477 e. The molecule has 98 valence electrons. The highest BCUT2D eigenvalue weighted by molar-refractivity contribution is 7.09. The number of nitro groups is 1. The lowest BCUT2D eigenvalue weighted by atomic mass is 10.2. The van der Waals surface area contributed by atoms with Crippen LogP contribution in [0.3, 0.4) is 0 Å². The van der Waals surface area contributed by atoms with Crippen LogP contribution >= 0.6 is 11.3 Å². The van der Waals surface area contributed by atoms with Crippen LogP contribution in [0.15, 0.2) is 24.0 Å². The van der Waals surface area contributed by atoms with Crippen molar-refractivity contribution >= 4 is 28.8 Å². The topological polar surface area (TPSA) is 118 Å². The quantitative estimate of drug-likeness (QED) is 0.632. The third kappa shape index (κ3) is 3.01. The molecule has 0 bridgehead atoms. The Balaban J connectivity index is 2.20. The first-order valence-electron chi connectivity index (χ1n) is 5.07. The lowest BCUT2D eigenvalue weighted by Crippen LogP contribution is -2.06. The van der Waals surface area contributed by atoms with Crippen molar-refractivity contribution < 1.29 is 14.8 Å². The molecule has 0 aliphatic heterocycles. The molecule has 0 fully saturated rings. The van der Waals surface area contributed by atoms with E-state index in [0.717, 1.165) is 17.1 Å². The summed E-state index contributed by atoms with van der Waals surface area (Å²) in [7, 11) is 0. The molecule has 2 aromatic rings. The van der Waals surface area contributed by atoms with Gasteiger partial charge in [0.15, 0.2) is 0 Å². The lowest BCUT2D eigenvalue weighted by molar-refractivity contribution is -0.385. The molecule has 0 unspecified atom stereocenters. The number of nitrogens with zero attached hydrogens (tertiary/aromatic N) is 3. The number of pyridine rings is 1. The summed E-state index contributed by atoms with van der Waals surface area (Å²) in [5.41, 5.74) is 0.741. The smallest absolute Gasteiger partial charge is 0.342 e. The third-order valence-corrected chi connectivity index (χ3v) is 3.02. The van der Waals surface area contributed by atoms with Crippen molar-refractivity contribution in [2.45, 2.75) is 6.54 Å². The van der Waals surface area contributed by atoms with Gasteiger partial charge in [-0.3, -0.25) is 15.1 Å². The fraction of sp³-hybridized carbons (Fsp3) is 0.100.